The molecule has 3 nitrogen and oxygen atoms in total. The molecule has 0 saturated carbocycles. The van der Waals surface area contributed by atoms with Crippen molar-refractivity contribution in [2.75, 3.05) is 13.6 Å². The minimum Gasteiger partial charge on any atom is -0.317 e. The molecule has 3 unspecified atom stereocenters. The van der Waals surface area contributed by atoms with Crippen LogP contribution in [-0.4, -0.2) is 35.6 Å². The van der Waals surface area contributed by atoms with E-state index in [2.05, 4.69) is 48.2 Å². The number of nitrogens with one attached hydrogen (secondary N) is 1. The lowest BCUT2D eigenvalue weighted by Crippen LogP contribution is -2.47. The van der Waals surface area contributed by atoms with E-state index in [1.54, 1.807) is 0 Å². The molecule has 1 aromatic heterocycles. The third kappa shape index (κ3) is 2.85. The van der Waals surface area contributed by atoms with Crippen molar-refractivity contribution in [3.63, 3.8) is 0 Å². The maximum atomic E-state index is 4.09. The van der Waals surface area contributed by atoms with Crippen molar-refractivity contribution in [1.29, 1.82) is 0 Å². The fourth-order valence-corrected chi connectivity index (χ4v) is 2.86. The summed E-state index contributed by atoms with van der Waals surface area (Å²) < 4.78 is 0. The first-order valence-corrected chi connectivity index (χ1v) is 6.55. The zero-order valence-corrected chi connectivity index (χ0v) is 11.1. The van der Waals surface area contributed by atoms with Gasteiger partial charge in [0, 0.05) is 37.1 Å². The highest BCUT2D eigenvalue weighted by Gasteiger charge is 2.28. The fourth-order valence-electron chi connectivity index (χ4n) is 2.86. The van der Waals surface area contributed by atoms with Crippen LogP contribution in [0, 0.1) is 0 Å². The second-order valence-electron chi connectivity index (χ2n) is 5.05. The monoisotopic (exact) mass is 233 g/mol. The molecule has 17 heavy (non-hydrogen) atoms. The lowest BCUT2D eigenvalue weighted by molar-refractivity contribution is 0.0974. The van der Waals surface area contributed by atoms with Gasteiger partial charge in [0.15, 0.2) is 0 Å². The van der Waals surface area contributed by atoms with Gasteiger partial charge < -0.3 is 5.32 Å². The number of aromatic nitrogens is 1. The number of hydrogen-bond acceptors (Lipinski definition) is 3. The van der Waals surface area contributed by atoms with Gasteiger partial charge in [-0.3, -0.25) is 9.88 Å². The van der Waals surface area contributed by atoms with Gasteiger partial charge in [-0.25, -0.2) is 0 Å². The van der Waals surface area contributed by atoms with Gasteiger partial charge in [-0.05, 0) is 51.4 Å². The van der Waals surface area contributed by atoms with Crippen molar-refractivity contribution < 1.29 is 0 Å². The van der Waals surface area contributed by atoms with E-state index in [0.29, 0.717) is 18.1 Å². The molecule has 0 bridgehead atoms. The molecule has 1 aromatic rings. The first-order valence-electron chi connectivity index (χ1n) is 6.55. The minimum atomic E-state index is 0.491. The summed E-state index contributed by atoms with van der Waals surface area (Å²) in [6, 6.07) is 6.07. The smallest absolute Gasteiger partial charge is 0.0323 e. The van der Waals surface area contributed by atoms with Crippen LogP contribution in [0.2, 0.25) is 0 Å². The van der Waals surface area contributed by atoms with Crippen LogP contribution in [-0.2, 0) is 0 Å². The zero-order valence-electron chi connectivity index (χ0n) is 11.1. The summed E-state index contributed by atoms with van der Waals surface area (Å²) in [4.78, 5) is 6.69. The van der Waals surface area contributed by atoms with Crippen LogP contribution < -0.4 is 5.32 Å². The summed E-state index contributed by atoms with van der Waals surface area (Å²) >= 11 is 0. The Balaban J connectivity index is 2.03. The highest BCUT2D eigenvalue weighted by Crippen LogP contribution is 2.27. The van der Waals surface area contributed by atoms with E-state index < -0.39 is 0 Å². The summed E-state index contributed by atoms with van der Waals surface area (Å²) in [7, 11) is 2.07. The van der Waals surface area contributed by atoms with Crippen LogP contribution in [0.5, 0.6) is 0 Å². The Morgan fingerprint density at radius 1 is 1.41 bits per heavy atom. The normalized spacial score (nSPS) is 27.9. The Hall–Kier alpha value is -0.930. The zero-order chi connectivity index (χ0) is 12.3. The number of nitrogens with zero attached hydrogens (tertiary/aromatic N) is 2. The van der Waals surface area contributed by atoms with Crippen LogP contribution in [0.4, 0.5) is 0 Å². The van der Waals surface area contributed by atoms with Gasteiger partial charge in [-0.2, -0.15) is 0 Å². The van der Waals surface area contributed by atoms with Crippen LogP contribution in [0.3, 0.4) is 0 Å². The van der Waals surface area contributed by atoms with Crippen LogP contribution >= 0.6 is 0 Å². The molecular weight excluding hydrogens is 210 g/mol. The van der Waals surface area contributed by atoms with E-state index in [0.717, 1.165) is 0 Å². The molecule has 2 rings (SSSR count). The Kier molecular flexibility index (Phi) is 4.13. The number of rotatable bonds is 3. The van der Waals surface area contributed by atoms with E-state index in [-0.39, 0.29) is 0 Å². The molecule has 1 aliphatic rings. The molecule has 1 N–H and O–H groups in total. The third-order valence-corrected chi connectivity index (χ3v) is 4.02. The van der Waals surface area contributed by atoms with Gasteiger partial charge in [0.05, 0.1) is 0 Å². The molecule has 3 heteroatoms. The standard InChI is InChI=1S/C14H23N3/c1-11-10-14(15-3)6-9-17(11)12(2)13-4-7-16-8-5-13/h4-5,7-8,11-12,14-15H,6,9-10H2,1-3H3. The second-order valence-corrected chi connectivity index (χ2v) is 5.05. The van der Waals surface area contributed by atoms with Gasteiger partial charge >= 0.3 is 0 Å². The van der Waals surface area contributed by atoms with Gasteiger partial charge in [-0.15, -0.1) is 0 Å². The summed E-state index contributed by atoms with van der Waals surface area (Å²) in [6.45, 7) is 5.81. The Morgan fingerprint density at radius 3 is 2.71 bits per heavy atom. The SMILES string of the molecule is CNC1CCN(C(C)c2ccncc2)C(C)C1. The summed E-state index contributed by atoms with van der Waals surface area (Å²) in [5.41, 5.74) is 1.37. The van der Waals surface area contributed by atoms with E-state index in [1.807, 2.05) is 12.4 Å². The molecule has 1 aliphatic heterocycles. The maximum absolute atomic E-state index is 4.09. The van der Waals surface area contributed by atoms with Gasteiger partial charge in [0.25, 0.3) is 0 Å². The predicted octanol–water partition coefficient (Wildman–Crippen LogP) is 2.21. The Bertz CT molecular complexity index is 339. The topological polar surface area (TPSA) is 28.2 Å². The number of hydrogen-bond donors (Lipinski definition) is 1. The van der Waals surface area contributed by atoms with Crippen molar-refractivity contribution in [2.24, 2.45) is 0 Å². The Morgan fingerprint density at radius 2 is 2.12 bits per heavy atom. The first kappa shape index (κ1) is 12.5. The largest absolute Gasteiger partial charge is 0.317 e. The molecule has 0 spiro atoms. The lowest BCUT2D eigenvalue weighted by atomic mass is 9.95. The molecule has 1 fully saturated rings. The van der Waals surface area contributed by atoms with Crippen molar-refractivity contribution in [2.45, 2.75) is 44.8 Å². The van der Waals surface area contributed by atoms with E-state index >= 15 is 0 Å². The average molecular weight is 233 g/mol. The summed E-state index contributed by atoms with van der Waals surface area (Å²) in [5.74, 6) is 0. The first-order chi connectivity index (χ1) is 8.22. The molecule has 0 aromatic carbocycles. The maximum Gasteiger partial charge on any atom is 0.0323 e. The molecule has 0 radical (unpaired) electrons. The van der Waals surface area contributed by atoms with E-state index in [9.17, 15) is 0 Å². The highest BCUT2D eigenvalue weighted by molar-refractivity contribution is 5.14. The molecular formula is C14H23N3. The van der Waals surface area contributed by atoms with Crippen molar-refractivity contribution >= 4 is 0 Å². The van der Waals surface area contributed by atoms with Gasteiger partial charge in [0.2, 0.25) is 0 Å². The highest BCUT2D eigenvalue weighted by atomic mass is 15.2. The van der Waals surface area contributed by atoms with Crippen molar-refractivity contribution in [3.05, 3.63) is 30.1 Å². The average Bonchev–Trinajstić information content (AvgIpc) is 2.39. The van der Waals surface area contributed by atoms with Crippen LogP contribution in [0.25, 0.3) is 0 Å². The molecule has 0 amide bonds. The summed E-state index contributed by atoms with van der Waals surface area (Å²) in [5, 5.41) is 3.40. The molecule has 94 valence electrons. The van der Waals surface area contributed by atoms with E-state index in [1.165, 1.54) is 24.9 Å². The molecule has 1 saturated heterocycles. The minimum absolute atomic E-state index is 0.491. The van der Waals surface area contributed by atoms with Gasteiger partial charge in [0.1, 0.15) is 0 Å². The quantitative estimate of drug-likeness (QED) is 0.867. The van der Waals surface area contributed by atoms with Crippen LogP contribution in [0.1, 0.15) is 38.3 Å². The lowest BCUT2D eigenvalue weighted by Gasteiger charge is -2.41. The molecule has 3 atom stereocenters. The van der Waals surface area contributed by atoms with Gasteiger partial charge in [-0.1, -0.05) is 0 Å². The molecule has 0 aliphatic carbocycles. The van der Waals surface area contributed by atoms with Crippen molar-refractivity contribution in [1.82, 2.24) is 15.2 Å². The molecule has 2 heterocycles. The Labute approximate surface area is 104 Å². The van der Waals surface area contributed by atoms with Crippen LogP contribution in [0.15, 0.2) is 24.5 Å². The number of piperidine rings is 1. The third-order valence-electron chi connectivity index (χ3n) is 4.02. The predicted molar refractivity (Wildman–Crippen MR) is 70.9 cm³/mol. The van der Waals surface area contributed by atoms with E-state index in [4.69, 9.17) is 0 Å². The number of likely N-dealkylation sites (tertiary alicyclic amines) is 1. The number of pyridine rings is 1. The fraction of sp³-hybridized carbons (Fsp3) is 0.643. The second kappa shape index (κ2) is 5.61. The van der Waals surface area contributed by atoms with Crippen molar-refractivity contribution in [3.8, 4) is 0 Å². The summed E-state index contributed by atoms with van der Waals surface area (Å²) in [6.07, 6.45) is 6.26.